The Morgan fingerprint density at radius 3 is 2.54 bits per heavy atom. The van der Waals surface area contributed by atoms with E-state index in [9.17, 15) is 9.59 Å². The van der Waals surface area contributed by atoms with Crippen molar-refractivity contribution in [1.82, 2.24) is 14.4 Å². The summed E-state index contributed by atoms with van der Waals surface area (Å²) >= 11 is 0. The van der Waals surface area contributed by atoms with Gasteiger partial charge in [0.05, 0.1) is 6.54 Å². The molecule has 26 heavy (non-hydrogen) atoms. The number of aryl methyl sites for hydroxylation is 1. The number of benzene rings is 1. The highest BCUT2D eigenvalue weighted by Gasteiger charge is 2.25. The van der Waals surface area contributed by atoms with Crippen LogP contribution in [0.5, 0.6) is 5.75 Å². The summed E-state index contributed by atoms with van der Waals surface area (Å²) in [6.45, 7) is 3.06. The molecule has 1 fully saturated rings. The third-order valence-electron chi connectivity index (χ3n) is 5.13. The first-order valence-electron chi connectivity index (χ1n) is 9.09. The Morgan fingerprint density at radius 1 is 1.00 bits per heavy atom. The lowest BCUT2D eigenvalue weighted by atomic mass is 10.1. The summed E-state index contributed by atoms with van der Waals surface area (Å²) in [6, 6.07) is 9.25. The second kappa shape index (κ2) is 6.86. The van der Waals surface area contributed by atoms with Crippen LogP contribution in [-0.2, 0) is 13.6 Å². The second-order valence-electron chi connectivity index (χ2n) is 6.90. The molecule has 1 aromatic heterocycles. The van der Waals surface area contributed by atoms with Crippen LogP contribution in [0, 0.1) is 0 Å². The molecule has 0 unspecified atom stereocenters. The SMILES string of the molecule is Cn1cccc1C(=O)N1CCOc2ccc(C(=O)N3CCCC3)cc2C1. The van der Waals surface area contributed by atoms with Crippen molar-refractivity contribution < 1.29 is 14.3 Å². The van der Waals surface area contributed by atoms with Crippen LogP contribution in [0.3, 0.4) is 0 Å². The van der Waals surface area contributed by atoms with Crippen LogP contribution in [0.2, 0.25) is 0 Å². The molecule has 0 N–H and O–H groups in total. The molecule has 0 aliphatic carbocycles. The maximum absolute atomic E-state index is 12.8. The van der Waals surface area contributed by atoms with Crippen molar-refractivity contribution in [2.45, 2.75) is 19.4 Å². The molecule has 0 atom stereocenters. The van der Waals surface area contributed by atoms with Gasteiger partial charge < -0.3 is 19.1 Å². The number of ether oxygens (including phenoxy) is 1. The topological polar surface area (TPSA) is 54.8 Å². The molecule has 136 valence electrons. The highest BCUT2D eigenvalue weighted by atomic mass is 16.5. The molecule has 0 bridgehead atoms. The zero-order valence-electron chi connectivity index (χ0n) is 15.0. The lowest BCUT2D eigenvalue weighted by Crippen LogP contribution is -2.33. The number of nitrogens with zero attached hydrogens (tertiary/aromatic N) is 3. The number of hydrogen-bond donors (Lipinski definition) is 0. The summed E-state index contributed by atoms with van der Waals surface area (Å²) in [5.41, 5.74) is 2.20. The number of carbonyl (C=O) groups is 2. The lowest BCUT2D eigenvalue weighted by Gasteiger charge is -2.20. The molecule has 1 saturated heterocycles. The Morgan fingerprint density at radius 2 is 1.81 bits per heavy atom. The summed E-state index contributed by atoms with van der Waals surface area (Å²) < 4.78 is 7.63. The van der Waals surface area contributed by atoms with Gasteiger partial charge in [-0.15, -0.1) is 0 Å². The fourth-order valence-electron chi connectivity index (χ4n) is 3.65. The van der Waals surface area contributed by atoms with Gasteiger partial charge in [-0.2, -0.15) is 0 Å². The van der Waals surface area contributed by atoms with Gasteiger partial charge in [0.1, 0.15) is 18.1 Å². The van der Waals surface area contributed by atoms with Gasteiger partial charge >= 0.3 is 0 Å². The molecule has 2 aliphatic rings. The summed E-state index contributed by atoms with van der Waals surface area (Å²) in [4.78, 5) is 29.2. The molecule has 3 heterocycles. The average Bonchev–Trinajstić information content (AvgIpc) is 3.27. The standard InChI is InChI=1S/C20H23N3O3/c1-21-8-4-5-17(21)20(25)23-11-12-26-18-7-6-15(13-16(18)14-23)19(24)22-9-2-3-10-22/h4-8,13H,2-3,9-12,14H2,1H3. The number of likely N-dealkylation sites (tertiary alicyclic amines) is 1. The molecule has 6 nitrogen and oxygen atoms in total. The minimum absolute atomic E-state index is 0.0229. The van der Waals surface area contributed by atoms with E-state index < -0.39 is 0 Å². The van der Waals surface area contributed by atoms with Crippen molar-refractivity contribution in [3.8, 4) is 5.75 Å². The molecule has 1 aromatic carbocycles. The summed E-state index contributed by atoms with van der Waals surface area (Å²) in [5, 5.41) is 0. The largest absolute Gasteiger partial charge is 0.491 e. The minimum atomic E-state index is -0.0229. The number of rotatable bonds is 2. The predicted octanol–water partition coefficient (Wildman–Crippen LogP) is 2.30. The van der Waals surface area contributed by atoms with Crippen LogP contribution in [0.1, 0.15) is 39.3 Å². The van der Waals surface area contributed by atoms with Gasteiger partial charge in [-0.25, -0.2) is 0 Å². The van der Waals surface area contributed by atoms with E-state index in [1.165, 1.54) is 0 Å². The van der Waals surface area contributed by atoms with Gasteiger partial charge in [-0.1, -0.05) is 0 Å². The molecule has 4 rings (SSSR count). The number of hydrogen-bond acceptors (Lipinski definition) is 3. The van der Waals surface area contributed by atoms with Crippen LogP contribution in [0.15, 0.2) is 36.5 Å². The summed E-state index contributed by atoms with van der Waals surface area (Å²) in [7, 11) is 1.86. The molecule has 2 aromatic rings. The van der Waals surface area contributed by atoms with E-state index >= 15 is 0 Å². The molecule has 0 saturated carbocycles. The van der Waals surface area contributed by atoms with Crippen LogP contribution < -0.4 is 4.74 Å². The Kier molecular flexibility index (Phi) is 4.41. The second-order valence-corrected chi connectivity index (χ2v) is 6.90. The number of carbonyl (C=O) groups excluding carboxylic acids is 2. The maximum Gasteiger partial charge on any atom is 0.270 e. The van der Waals surface area contributed by atoms with Crippen molar-refractivity contribution in [1.29, 1.82) is 0 Å². The van der Waals surface area contributed by atoms with E-state index in [0.29, 0.717) is 31.0 Å². The van der Waals surface area contributed by atoms with E-state index in [0.717, 1.165) is 37.2 Å². The first-order chi connectivity index (χ1) is 12.6. The highest BCUT2D eigenvalue weighted by molar-refractivity contribution is 5.95. The summed E-state index contributed by atoms with van der Waals surface area (Å²) in [6.07, 6.45) is 4.00. The fourth-order valence-corrected chi connectivity index (χ4v) is 3.65. The average molecular weight is 353 g/mol. The predicted molar refractivity (Wildman–Crippen MR) is 97.2 cm³/mol. The molecular formula is C20H23N3O3. The Balaban J connectivity index is 1.58. The van der Waals surface area contributed by atoms with E-state index in [2.05, 4.69) is 0 Å². The zero-order valence-corrected chi connectivity index (χ0v) is 15.0. The lowest BCUT2D eigenvalue weighted by molar-refractivity contribution is 0.0723. The Hall–Kier alpha value is -2.76. The van der Waals surface area contributed by atoms with Crippen molar-refractivity contribution in [2.75, 3.05) is 26.2 Å². The van der Waals surface area contributed by atoms with Gasteiger partial charge in [0.25, 0.3) is 11.8 Å². The first-order valence-corrected chi connectivity index (χ1v) is 9.09. The fraction of sp³-hybridized carbons (Fsp3) is 0.400. The van der Waals surface area contributed by atoms with Gasteiger partial charge in [-0.3, -0.25) is 9.59 Å². The quantitative estimate of drug-likeness (QED) is 0.832. The minimum Gasteiger partial charge on any atom is -0.491 e. The molecule has 0 spiro atoms. The smallest absolute Gasteiger partial charge is 0.270 e. The van der Waals surface area contributed by atoms with Crippen LogP contribution >= 0.6 is 0 Å². The summed E-state index contributed by atoms with van der Waals surface area (Å²) in [5.74, 6) is 0.797. The maximum atomic E-state index is 12.8. The van der Waals surface area contributed by atoms with Crippen molar-refractivity contribution in [3.63, 3.8) is 0 Å². The number of fused-ring (bicyclic) bond motifs is 1. The van der Waals surface area contributed by atoms with Gasteiger partial charge in [0, 0.05) is 44.0 Å². The Bertz CT molecular complexity index is 837. The van der Waals surface area contributed by atoms with Gasteiger partial charge in [0.2, 0.25) is 0 Å². The third kappa shape index (κ3) is 3.07. The number of aromatic nitrogens is 1. The third-order valence-corrected chi connectivity index (χ3v) is 5.13. The van der Waals surface area contributed by atoms with Crippen LogP contribution in [0.25, 0.3) is 0 Å². The van der Waals surface area contributed by atoms with Crippen LogP contribution in [0.4, 0.5) is 0 Å². The first kappa shape index (κ1) is 16.7. The van der Waals surface area contributed by atoms with Crippen molar-refractivity contribution in [3.05, 3.63) is 53.3 Å². The monoisotopic (exact) mass is 353 g/mol. The van der Waals surface area contributed by atoms with Crippen molar-refractivity contribution >= 4 is 11.8 Å². The normalized spacial score (nSPS) is 16.8. The van der Waals surface area contributed by atoms with E-state index in [4.69, 9.17) is 4.74 Å². The zero-order chi connectivity index (χ0) is 18.1. The van der Waals surface area contributed by atoms with E-state index in [-0.39, 0.29) is 11.8 Å². The van der Waals surface area contributed by atoms with Gasteiger partial charge in [0.15, 0.2) is 0 Å². The molecular weight excluding hydrogens is 330 g/mol. The number of amides is 2. The molecule has 6 heteroatoms. The molecule has 2 aliphatic heterocycles. The van der Waals surface area contributed by atoms with Crippen LogP contribution in [-0.4, -0.2) is 52.4 Å². The Labute approximate surface area is 153 Å². The molecule has 0 radical (unpaired) electrons. The van der Waals surface area contributed by atoms with Gasteiger partial charge in [-0.05, 0) is 43.2 Å². The highest BCUT2D eigenvalue weighted by Crippen LogP contribution is 2.26. The van der Waals surface area contributed by atoms with Crippen molar-refractivity contribution in [2.24, 2.45) is 7.05 Å². The van der Waals surface area contributed by atoms with E-state index in [1.807, 2.05) is 53.0 Å². The molecule has 2 amide bonds. The van der Waals surface area contributed by atoms with E-state index in [1.54, 1.807) is 4.90 Å².